The molecule has 24 heavy (non-hydrogen) atoms. The molecule has 0 spiro atoms. The fourth-order valence-corrected chi connectivity index (χ4v) is 5.26. The summed E-state index contributed by atoms with van der Waals surface area (Å²) in [6.45, 7) is 8.09. The van der Waals surface area contributed by atoms with E-state index in [9.17, 15) is 4.79 Å². The Balaban J connectivity index is 1.72. The highest BCUT2D eigenvalue weighted by Crippen LogP contribution is 2.35. The van der Waals surface area contributed by atoms with Crippen LogP contribution < -0.4 is 5.32 Å². The third kappa shape index (κ3) is 3.63. The van der Waals surface area contributed by atoms with Gasteiger partial charge in [-0.2, -0.15) is 0 Å². The van der Waals surface area contributed by atoms with Gasteiger partial charge in [0.1, 0.15) is 15.7 Å². The molecule has 0 radical (unpaired) electrons. The zero-order valence-corrected chi connectivity index (χ0v) is 16.5. The van der Waals surface area contributed by atoms with Crippen molar-refractivity contribution in [3.05, 3.63) is 38.7 Å². The van der Waals surface area contributed by atoms with E-state index in [4.69, 9.17) is 0 Å². The van der Waals surface area contributed by atoms with Crippen molar-refractivity contribution in [3.8, 4) is 0 Å². The van der Waals surface area contributed by atoms with Crippen LogP contribution >= 0.6 is 34.4 Å². The number of rotatable bonds is 5. The van der Waals surface area contributed by atoms with Crippen LogP contribution in [0.3, 0.4) is 0 Å². The summed E-state index contributed by atoms with van der Waals surface area (Å²) in [5, 5.41) is 7.06. The number of aromatic nitrogens is 2. The monoisotopic (exact) mass is 377 g/mol. The van der Waals surface area contributed by atoms with Crippen molar-refractivity contribution in [1.29, 1.82) is 0 Å². The number of thiophene rings is 2. The zero-order valence-electron chi connectivity index (χ0n) is 14.0. The minimum absolute atomic E-state index is 0.0231. The molecule has 7 heteroatoms. The number of amides is 1. The number of thioether (sulfide) groups is 1. The minimum Gasteiger partial charge on any atom is -0.348 e. The van der Waals surface area contributed by atoms with Crippen LogP contribution in [0.15, 0.2) is 22.5 Å². The zero-order chi connectivity index (χ0) is 17.3. The number of fused-ring (bicyclic) bond motifs is 1. The molecule has 1 unspecified atom stereocenters. The summed E-state index contributed by atoms with van der Waals surface area (Å²) in [6, 6.07) is 4.08. The average molecular weight is 378 g/mol. The van der Waals surface area contributed by atoms with Gasteiger partial charge in [0.25, 0.3) is 0 Å². The van der Waals surface area contributed by atoms with Gasteiger partial charge < -0.3 is 5.32 Å². The Morgan fingerprint density at radius 3 is 2.83 bits per heavy atom. The largest absolute Gasteiger partial charge is 0.348 e. The number of aryl methyl sites for hydroxylation is 3. The Kier molecular flexibility index (Phi) is 5.22. The SMILES string of the molecule is Cc1nc(SCC(=O)NC(C)c2cccs2)c2c(C)c(C)sc2n1. The van der Waals surface area contributed by atoms with Crippen LogP contribution in [0, 0.1) is 20.8 Å². The Morgan fingerprint density at radius 2 is 2.12 bits per heavy atom. The van der Waals surface area contributed by atoms with Gasteiger partial charge >= 0.3 is 0 Å². The van der Waals surface area contributed by atoms with E-state index >= 15 is 0 Å². The summed E-state index contributed by atoms with van der Waals surface area (Å²) in [6.07, 6.45) is 0. The van der Waals surface area contributed by atoms with Crippen LogP contribution in [-0.2, 0) is 4.79 Å². The Morgan fingerprint density at radius 1 is 1.33 bits per heavy atom. The van der Waals surface area contributed by atoms with Crippen LogP contribution in [0.1, 0.15) is 34.1 Å². The van der Waals surface area contributed by atoms with Crippen LogP contribution in [0.4, 0.5) is 0 Å². The first-order valence-corrected chi connectivity index (χ1v) is 10.3. The van der Waals surface area contributed by atoms with Crippen LogP contribution in [0.2, 0.25) is 0 Å². The molecule has 4 nitrogen and oxygen atoms in total. The smallest absolute Gasteiger partial charge is 0.230 e. The summed E-state index contributed by atoms with van der Waals surface area (Å²) in [4.78, 5) is 24.8. The molecule has 3 heterocycles. The molecule has 0 aliphatic heterocycles. The van der Waals surface area contributed by atoms with Gasteiger partial charge in [0.2, 0.25) is 5.91 Å². The third-order valence-electron chi connectivity index (χ3n) is 3.79. The van der Waals surface area contributed by atoms with Gasteiger partial charge in [-0.3, -0.25) is 4.79 Å². The Bertz CT molecular complexity index is 871. The van der Waals surface area contributed by atoms with Crippen molar-refractivity contribution >= 4 is 50.6 Å². The fourth-order valence-electron chi connectivity index (χ4n) is 2.44. The Hall–Kier alpha value is -1.44. The quantitative estimate of drug-likeness (QED) is 0.519. The molecular formula is C17H19N3OS3. The van der Waals surface area contributed by atoms with E-state index in [1.165, 1.54) is 22.2 Å². The molecule has 0 fully saturated rings. The number of carbonyl (C=O) groups excluding carboxylic acids is 1. The molecule has 3 aromatic heterocycles. The van der Waals surface area contributed by atoms with E-state index in [0.29, 0.717) is 5.75 Å². The molecule has 0 saturated heterocycles. The van der Waals surface area contributed by atoms with Crippen LogP contribution in [0.25, 0.3) is 10.2 Å². The predicted molar refractivity (Wildman–Crippen MR) is 103 cm³/mol. The normalized spacial score (nSPS) is 12.5. The van der Waals surface area contributed by atoms with Crippen molar-refractivity contribution in [1.82, 2.24) is 15.3 Å². The second-order valence-corrected chi connectivity index (χ2v) is 8.78. The molecule has 126 valence electrons. The van der Waals surface area contributed by atoms with Crippen LogP contribution in [0.5, 0.6) is 0 Å². The van der Waals surface area contributed by atoms with Gasteiger partial charge in [-0.15, -0.1) is 22.7 Å². The molecule has 1 amide bonds. The van der Waals surface area contributed by atoms with Gasteiger partial charge in [-0.25, -0.2) is 9.97 Å². The molecule has 0 bridgehead atoms. The lowest BCUT2D eigenvalue weighted by Gasteiger charge is -2.12. The molecule has 3 aromatic rings. The molecule has 0 aliphatic carbocycles. The average Bonchev–Trinajstić information content (AvgIpc) is 3.14. The maximum atomic E-state index is 12.3. The van der Waals surface area contributed by atoms with E-state index in [1.54, 1.807) is 22.7 Å². The Labute approximate surface area is 153 Å². The highest BCUT2D eigenvalue weighted by molar-refractivity contribution is 8.00. The number of nitrogens with one attached hydrogen (secondary N) is 1. The standard InChI is InChI=1S/C17H19N3OS3/c1-9-11(3)24-17-15(9)16(19-12(4)20-17)23-8-14(21)18-10(2)13-6-5-7-22-13/h5-7,10H,8H2,1-4H3,(H,18,21). The first-order chi connectivity index (χ1) is 11.5. The lowest BCUT2D eigenvalue weighted by molar-refractivity contribution is -0.119. The molecule has 3 rings (SSSR count). The molecule has 0 aliphatic rings. The molecular weight excluding hydrogens is 358 g/mol. The van der Waals surface area contributed by atoms with Crippen molar-refractivity contribution in [2.45, 2.75) is 38.8 Å². The first-order valence-electron chi connectivity index (χ1n) is 7.65. The summed E-state index contributed by atoms with van der Waals surface area (Å²) < 4.78 is 0. The van der Waals surface area contributed by atoms with Crippen molar-refractivity contribution in [2.75, 3.05) is 5.75 Å². The van der Waals surface area contributed by atoms with E-state index in [2.05, 4.69) is 29.1 Å². The number of carbonyl (C=O) groups is 1. The molecule has 0 aromatic carbocycles. The van der Waals surface area contributed by atoms with E-state index < -0.39 is 0 Å². The highest BCUT2D eigenvalue weighted by Gasteiger charge is 2.16. The van der Waals surface area contributed by atoms with Gasteiger partial charge in [0.05, 0.1) is 11.8 Å². The lowest BCUT2D eigenvalue weighted by Crippen LogP contribution is -2.27. The van der Waals surface area contributed by atoms with Crippen molar-refractivity contribution < 1.29 is 4.79 Å². The number of nitrogens with zero attached hydrogens (tertiary/aromatic N) is 2. The highest BCUT2D eigenvalue weighted by atomic mass is 32.2. The molecule has 1 N–H and O–H groups in total. The van der Waals surface area contributed by atoms with Crippen molar-refractivity contribution in [2.24, 2.45) is 0 Å². The maximum absolute atomic E-state index is 12.3. The van der Waals surface area contributed by atoms with Gasteiger partial charge in [0.15, 0.2) is 0 Å². The summed E-state index contributed by atoms with van der Waals surface area (Å²) >= 11 is 4.83. The minimum atomic E-state index is 0.0231. The van der Waals surface area contributed by atoms with E-state index in [1.807, 2.05) is 31.4 Å². The summed E-state index contributed by atoms with van der Waals surface area (Å²) in [7, 11) is 0. The second-order valence-electron chi connectivity index (χ2n) is 5.63. The predicted octanol–water partition coefficient (Wildman–Crippen LogP) is 4.65. The third-order valence-corrected chi connectivity index (χ3v) is 6.93. The second kappa shape index (κ2) is 7.21. The number of hydrogen-bond donors (Lipinski definition) is 1. The summed E-state index contributed by atoms with van der Waals surface area (Å²) in [5.74, 6) is 1.13. The van der Waals surface area contributed by atoms with Gasteiger partial charge in [0, 0.05) is 15.1 Å². The maximum Gasteiger partial charge on any atom is 0.230 e. The molecule has 0 saturated carbocycles. The number of hydrogen-bond acceptors (Lipinski definition) is 6. The van der Waals surface area contributed by atoms with Crippen molar-refractivity contribution in [3.63, 3.8) is 0 Å². The van der Waals surface area contributed by atoms with Gasteiger partial charge in [-0.1, -0.05) is 17.8 Å². The first kappa shape index (κ1) is 17.4. The van der Waals surface area contributed by atoms with E-state index in [-0.39, 0.29) is 11.9 Å². The summed E-state index contributed by atoms with van der Waals surface area (Å²) in [5.41, 5.74) is 1.21. The molecule has 1 atom stereocenters. The van der Waals surface area contributed by atoms with Gasteiger partial charge in [-0.05, 0) is 44.7 Å². The lowest BCUT2D eigenvalue weighted by atomic mass is 10.2. The fraction of sp³-hybridized carbons (Fsp3) is 0.353. The van der Waals surface area contributed by atoms with E-state index in [0.717, 1.165) is 25.9 Å². The topological polar surface area (TPSA) is 54.9 Å². The van der Waals surface area contributed by atoms with Crippen LogP contribution in [-0.4, -0.2) is 21.6 Å².